The Bertz CT molecular complexity index is 1060. The van der Waals surface area contributed by atoms with E-state index in [0.717, 1.165) is 47.6 Å². The van der Waals surface area contributed by atoms with Crippen molar-refractivity contribution in [3.05, 3.63) is 48.5 Å². The summed E-state index contributed by atoms with van der Waals surface area (Å²) >= 11 is 0. The molecule has 2 unspecified atom stereocenters. The molecular formula is C23H29N7. The third-order valence-corrected chi connectivity index (χ3v) is 6.52. The fourth-order valence-electron chi connectivity index (χ4n) is 4.95. The lowest BCUT2D eigenvalue weighted by Gasteiger charge is -2.38. The van der Waals surface area contributed by atoms with E-state index in [1.165, 1.54) is 6.42 Å². The molecule has 0 bridgehead atoms. The fraction of sp³-hybridized carbons (Fsp3) is 0.478. The third-order valence-electron chi connectivity index (χ3n) is 6.52. The van der Waals surface area contributed by atoms with E-state index in [4.69, 9.17) is 0 Å². The molecule has 2 atom stereocenters. The van der Waals surface area contributed by atoms with Crippen LogP contribution < -0.4 is 15.5 Å². The fourth-order valence-corrected chi connectivity index (χ4v) is 4.95. The summed E-state index contributed by atoms with van der Waals surface area (Å²) in [7, 11) is 0. The maximum Gasteiger partial charge on any atom is 0.0890 e. The Morgan fingerprint density at radius 3 is 2.73 bits per heavy atom. The first-order valence-electron chi connectivity index (χ1n) is 10.7. The van der Waals surface area contributed by atoms with Gasteiger partial charge in [-0.2, -0.15) is 10.2 Å². The van der Waals surface area contributed by atoms with Crippen LogP contribution in [0.5, 0.6) is 0 Å². The lowest BCUT2D eigenvalue weighted by atomic mass is 9.86. The van der Waals surface area contributed by atoms with Crippen molar-refractivity contribution in [1.29, 1.82) is 0 Å². The summed E-state index contributed by atoms with van der Waals surface area (Å²) < 4.78 is 0. The smallest absolute Gasteiger partial charge is 0.0890 e. The van der Waals surface area contributed by atoms with E-state index in [1.54, 1.807) is 12.4 Å². The Labute approximate surface area is 177 Å². The van der Waals surface area contributed by atoms with Gasteiger partial charge in [-0.1, -0.05) is 26.8 Å². The van der Waals surface area contributed by atoms with E-state index in [0.29, 0.717) is 17.9 Å². The second-order valence-electron chi connectivity index (χ2n) is 9.65. The quantitative estimate of drug-likeness (QED) is 0.692. The molecule has 1 aromatic carbocycles. The number of rotatable bonds is 4. The average molecular weight is 404 g/mol. The zero-order chi connectivity index (χ0) is 20.8. The van der Waals surface area contributed by atoms with Gasteiger partial charge in [-0.15, -0.1) is 0 Å². The number of benzene rings is 1. The Hall–Kier alpha value is -2.80. The first-order valence-corrected chi connectivity index (χ1v) is 10.7. The third kappa shape index (κ3) is 3.58. The first kappa shape index (κ1) is 19.2. The topological polar surface area (TPSA) is 78.9 Å². The molecule has 1 aliphatic heterocycles. The standard InChI is InChI=1S/C23H29N7/c1-22(2,3)21-11-23(21)15-30(9-8-27-23)20-14-29-28-13-19(20)26-12-16-4-5-17-18(10-16)25-7-6-24-17/h4-7,10,13-14,21,27H,8-9,11-12,15H2,1-3H3,(H,26,29). The van der Waals surface area contributed by atoms with Gasteiger partial charge in [0.05, 0.1) is 34.8 Å². The molecule has 3 heterocycles. The molecular weight excluding hydrogens is 374 g/mol. The minimum Gasteiger partial charge on any atom is -0.378 e. The predicted octanol–water partition coefficient (Wildman–Crippen LogP) is 3.25. The van der Waals surface area contributed by atoms with Crippen molar-refractivity contribution in [3.63, 3.8) is 0 Å². The normalized spacial score (nSPS) is 23.7. The molecule has 0 amide bonds. The number of piperazine rings is 1. The lowest BCUT2D eigenvalue weighted by Crippen LogP contribution is -2.54. The van der Waals surface area contributed by atoms with E-state index >= 15 is 0 Å². The maximum atomic E-state index is 4.41. The van der Waals surface area contributed by atoms with Crippen molar-refractivity contribution >= 4 is 22.4 Å². The number of hydrogen-bond donors (Lipinski definition) is 2. The largest absolute Gasteiger partial charge is 0.378 e. The molecule has 2 aromatic heterocycles. The van der Waals surface area contributed by atoms with Gasteiger partial charge in [0.2, 0.25) is 0 Å². The summed E-state index contributed by atoms with van der Waals surface area (Å²) in [6.45, 7) is 10.7. The highest BCUT2D eigenvalue weighted by Crippen LogP contribution is 2.55. The van der Waals surface area contributed by atoms with Crippen LogP contribution in [0.2, 0.25) is 0 Å². The number of nitrogens with zero attached hydrogens (tertiary/aromatic N) is 5. The number of nitrogens with one attached hydrogen (secondary N) is 2. The highest BCUT2D eigenvalue weighted by Gasteiger charge is 2.60. The summed E-state index contributed by atoms with van der Waals surface area (Å²) in [6.07, 6.45) is 8.42. The van der Waals surface area contributed by atoms with Crippen molar-refractivity contribution in [2.75, 3.05) is 29.9 Å². The lowest BCUT2D eigenvalue weighted by molar-refractivity contribution is 0.282. The summed E-state index contributed by atoms with van der Waals surface area (Å²) in [5.41, 5.74) is 5.70. The van der Waals surface area contributed by atoms with Crippen LogP contribution >= 0.6 is 0 Å². The highest BCUT2D eigenvalue weighted by molar-refractivity contribution is 5.75. The molecule has 2 N–H and O–H groups in total. The average Bonchev–Trinajstić information content (AvgIpc) is 3.45. The van der Waals surface area contributed by atoms with Crippen LogP contribution in [-0.2, 0) is 6.54 Å². The second kappa shape index (κ2) is 7.16. The zero-order valence-corrected chi connectivity index (χ0v) is 17.9. The highest BCUT2D eigenvalue weighted by atomic mass is 15.3. The van der Waals surface area contributed by atoms with Gasteiger partial charge in [0.1, 0.15) is 0 Å². The van der Waals surface area contributed by atoms with Crippen molar-refractivity contribution in [1.82, 2.24) is 25.5 Å². The number of hydrogen-bond acceptors (Lipinski definition) is 7. The van der Waals surface area contributed by atoms with E-state index < -0.39 is 0 Å². The molecule has 0 radical (unpaired) electrons. The van der Waals surface area contributed by atoms with Gasteiger partial charge in [0, 0.05) is 44.1 Å². The Morgan fingerprint density at radius 1 is 1.13 bits per heavy atom. The van der Waals surface area contributed by atoms with Crippen LogP contribution in [0.3, 0.4) is 0 Å². The second-order valence-corrected chi connectivity index (χ2v) is 9.65. The van der Waals surface area contributed by atoms with Gasteiger partial charge < -0.3 is 15.5 Å². The molecule has 156 valence electrons. The van der Waals surface area contributed by atoms with Gasteiger partial charge >= 0.3 is 0 Å². The maximum absolute atomic E-state index is 4.41. The van der Waals surface area contributed by atoms with Crippen molar-refractivity contribution in [3.8, 4) is 0 Å². The Balaban J connectivity index is 1.33. The van der Waals surface area contributed by atoms with Gasteiger partial charge in [-0.25, -0.2) is 0 Å². The molecule has 1 aliphatic carbocycles. The molecule has 30 heavy (non-hydrogen) atoms. The van der Waals surface area contributed by atoms with Crippen LogP contribution in [0, 0.1) is 11.3 Å². The van der Waals surface area contributed by atoms with E-state index in [1.807, 2.05) is 18.5 Å². The van der Waals surface area contributed by atoms with Crippen LogP contribution in [0.15, 0.2) is 43.0 Å². The Kier molecular flexibility index (Phi) is 4.58. The van der Waals surface area contributed by atoms with Crippen molar-refractivity contribution in [2.24, 2.45) is 11.3 Å². The van der Waals surface area contributed by atoms with E-state index in [9.17, 15) is 0 Å². The van der Waals surface area contributed by atoms with Gasteiger partial charge in [-0.3, -0.25) is 9.97 Å². The molecule has 2 aliphatic rings. The number of anilines is 2. The summed E-state index contributed by atoms with van der Waals surface area (Å²) in [4.78, 5) is 11.2. The van der Waals surface area contributed by atoms with Gasteiger partial charge in [-0.05, 0) is 35.4 Å². The van der Waals surface area contributed by atoms with E-state index in [-0.39, 0.29) is 5.54 Å². The van der Waals surface area contributed by atoms with Crippen LogP contribution in [0.25, 0.3) is 11.0 Å². The molecule has 7 heteroatoms. The minimum atomic E-state index is 0.230. The van der Waals surface area contributed by atoms with Crippen molar-refractivity contribution in [2.45, 2.75) is 39.3 Å². The monoisotopic (exact) mass is 403 g/mol. The molecule has 1 saturated carbocycles. The van der Waals surface area contributed by atoms with Gasteiger partial charge in [0.25, 0.3) is 0 Å². The predicted molar refractivity (Wildman–Crippen MR) is 119 cm³/mol. The molecule has 1 saturated heterocycles. The van der Waals surface area contributed by atoms with Crippen molar-refractivity contribution < 1.29 is 0 Å². The van der Waals surface area contributed by atoms with Gasteiger partial charge in [0.15, 0.2) is 0 Å². The molecule has 1 spiro atoms. The van der Waals surface area contributed by atoms with E-state index in [2.05, 4.69) is 68.6 Å². The molecule has 3 aromatic rings. The summed E-state index contributed by atoms with van der Waals surface area (Å²) in [5.74, 6) is 0.706. The summed E-state index contributed by atoms with van der Waals surface area (Å²) in [6, 6.07) is 6.20. The van der Waals surface area contributed by atoms with Crippen LogP contribution in [0.4, 0.5) is 11.4 Å². The molecule has 5 rings (SSSR count). The number of fused-ring (bicyclic) bond motifs is 1. The number of aromatic nitrogens is 4. The molecule has 2 fully saturated rings. The summed E-state index contributed by atoms with van der Waals surface area (Å²) in [5, 5.41) is 15.7. The first-order chi connectivity index (χ1) is 14.4. The minimum absolute atomic E-state index is 0.230. The zero-order valence-electron chi connectivity index (χ0n) is 17.9. The SMILES string of the molecule is CC(C)(C)C1CC12CN(c1cnncc1NCc1ccc3nccnc3c1)CCN2. The Morgan fingerprint density at radius 2 is 1.93 bits per heavy atom. The molecule has 7 nitrogen and oxygen atoms in total. The van der Waals surface area contributed by atoms with Crippen LogP contribution in [-0.4, -0.2) is 45.3 Å². The van der Waals surface area contributed by atoms with Crippen LogP contribution in [0.1, 0.15) is 32.8 Å².